The van der Waals surface area contributed by atoms with Crippen molar-refractivity contribution in [2.24, 2.45) is 0 Å². The Morgan fingerprint density at radius 3 is 2.69 bits per heavy atom. The fourth-order valence-corrected chi connectivity index (χ4v) is 4.89. The average molecular weight is 466 g/mol. The number of hydrogen-bond donors (Lipinski definition) is 1. The van der Waals surface area contributed by atoms with Crippen molar-refractivity contribution in [1.82, 2.24) is 10.3 Å². The average Bonchev–Trinajstić information content (AvgIpc) is 3.50. The highest BCUT2D eigenvalue weighted by Gasteiger charge is 2.20. The predicted octanol–water partition coefficient (Wildman–Crippen LogP) is 5.11. The van der Waals surface area contributed by atoms with Crippen LogP contribution in [0.15, 0.2) is 66.0 Å². The van der Waals surface area contributed by atoms with Crippen molar-refractivity contribution < 1.29 is 14.3 Å². The summed E-state index contributed by atoms with van der Waals surface area (Å²) in [6.45, 7) is 0.886. The Morgan fingerprint density at radius 2 is 1.94 bits per heavy atom. The summed E-state index contributed by atoms with van der Waals surface area (Å²) in [7, 11) is 1.63. The lowest BCUT2D eigenvalue weighted by Gasteiger charge is -2.20. The summed E-state index contributed by atoms with van der Waals surface area (Å²) in [4.78, 5) is 32.4. The van der Waals surface area contributed by atoms with E-state index in [9.17, 15) is 9.59 Å². The SMILES string of the molecule is COc1ccc2nc(N(Cc3ccccc3)C(=O)CCCNC(=O)c3cccs3)sc2c1. The summed E-state index contributed by atoms with van der Waals surface area (Å²) < 4.78 is 6.28. The quantitative estimate of drug-likeness (QED) is 0.349. The second-order valence-electron chi connectivity index (χ2n) is 7.13. The van der Waals surface area contributed by atoms with E-state index in [1.54, 1.807) is 18.1 Å². The lowest BCUT2D eigenvalue weighted by Crippen LogP contribution is -2.31. The number of anilines is 1. The molecule has 6 nitrogen and oxygen atoms in total. The minimum Gasteiger partial charge on any atom is -0.497 e. The van der Waals surface area contributed by atoms with E-state index in [0.717, 1.165) is 21.5 Å². The normalized spacial score (nSPS) is 10.8. The molecular weight excluding hydrogens is 442 g/mol. The second-order valence-corrected chi connectivity index (χ2v) is 9.09. The van der Waals surface area contributed by atoms with Gasteiger partial charge >= 0.3 is 0 Å². The first-order chi connectivity index (χ1) is 15.6. The summed E-state index contributed by atoms with van der Waals surface area (Å²) in [6, 6.07) is 19.2. The van der Waals surface area contributed by atoms with Crippen molar-refractivity contribution in [2.75, 3.05) is 18.6 Å². The van der Waals surface area contributed by atoms with Gasteiger partial charge < -0.3 is 10.1 Å². The van der Waals surface area contributed by atoms with Crippen LogP contribution in [0.5, 0.6) is 5.75 Å². The summed E-state index contributed by atoms with van der Waals surface area (Å²) in [5.41, 5.74) is 1.86. The van der Waals surface area contributed by atoms with Crippen LogP contribution in [-0.2, 0) is 11.3 Å². The van der Waals surface area contributed by atoms with Crippen molar-refractivity contribution in [3.8, 4) is 5.75 Å². The zero-order valence-electron chi connectivity index (χ0n) is 17.6. The van der Waals surface area contributed by atoms with Crippen LogP contribution in [-0.4, -0.2) is 30.5 Å². The molecule has 2 aromatic carbocycles. The third-order valence-electron chi connectivity index (χ3n) is 4.90. The summed E-state index contributed by atoms with van der Waals surface area (Å²) in [5.74, 6) is 0.633. The number of thiophene rings is 1. The molecule has 2 heterocycles. The molecule has 164 valence electrons. The van der Waals surface area contributed by atoms with E-state index in [0.29, 0.717) is 35.9 Å². The van der Waals surface area contributed by atoms with E-state index in [4.69, 9.17) is 9.72 Å². The lowest BCUT2D eigenvalue weighted by atomic mass is 10.2. The van der Waals surface area contributed by atoms with Gasteiger partial charge in [-0.25, -0.2) is 4.98 Å². The first-order valence-electron chi connectivity index (χ1n) is 10.2. The van der Waals surface area contributed by atoms with E-state index in [1.807, 2.05) is 60.0 Å². The molecule has 8 heteroatoms. The number of amides is 2. The Kier molecular flexibility index (Phi) is 7.14. The van der Waals surface area contributed by atoms with Gasteiger partial charge in [-0.05, 0) is 41.6 Å². The van der Waals surface area contributed by atoms with Crippen molar-refractivity contribution >= 4 is 49.8 Å². The third-order valence-corrected chi connectivity index (χ3v) is 6.81. The van der Waals surface area contributed by atoms with Crippen LogP contribution in [0.1, 0.15) is 28.1 Å². The predicted molar refractivity (Wildman–Crippen MR) is 130 cm³/mol. The Labute approximate surface area is 194 Å². The summed E-state index contributed by atoms with van der Waals surface area (Å²) >= 11 is 2.87. The molecule has 0 atom stereocenters. The summed E-state index contributed by atoms with van der Waals surface area (Å²) in [5, 5.41) is 5.40. The number of nitrogens with one attached hydrogen (secondary N) is 1. The fourth-order valence-electron chi connectivity index (χ4n) is 3.24. The number of rotatable bonds is 9. The van der Waals surface area contributed by atoms with Gasteiger partial charge in [0.15, 0.2) is 5.13 Å². The van der Waals surface area contributed by atoms with Crippen LogP contribution < -0.4 is 15.0 Å². The number of aromatic nitrogens is 1. The number of ether oxygens (including phenoxy) is 1. The molecule has 2 aromatic heterocycles. The van der Waals surface area contributed by atoms with Crippen molar-refractivity contribution in [2.45, 2.75) is 19.4 Å². The van der Waals surface area contributed by atoms with Gasteiger partial charge in [0.25, 0.3) is 5.91 Å². The van der Waals surface area contributed by atoms with Crippen LogP contribution in [0.25, 0.3) is 10.2 Å². The topological polar surface area (TPSA) is 71.5 Å². The molecule has 0 aliphatic rings. The maximum Gasteiger partial charge on any atom is 0.261 e. The highest BCUT2D eigenvalue weighted by Crippen LogP contribution is 2.32. The molecule has 4 aromatic rings. The molecule has 0 saturated carbocycles. The minimum absolute atomic E-state index is 0.0229. The highest BCUT2D eigenvalue weighted by atomic mass is 32.1. The minimum atomic E-state index is -0.103. The van der Waals surface area contributed by atoms with Gasteiger partial charge in [-0.15, -0.1) is 11.3 Å². The molecule has 0 unspecified atom stereocenters. The molecule has 0 spiro atoms. The van der Waals surface area contributed by atoms with Crippen LogP contribution in [0.4, 0.5) is 5.13 Å². The molecule has 0 bridgehead atoms. The Hall–Kier alpha value is -3.23. The Bertz CT molecular complexity index is 1190. The standard InChI is InChI=1S/C24H23N3O3S2/c1-30-18-11-12-19-21(15-18)32-24(26-19)27(16-17-7-3-2-4-8-17)22(28)10-5-13-25-23(29)20-9-6-14-31-20/h2-4,6-9,11-12,14-15H,5,10,13,16H2,1H3,(H,25,29). The molecule has 0 saturated heterocycles. The van der Waals surface area contributed by atoms with E-state index in [-0.39, 0.29) is 11.8 Å². The van der Waals surface area contributed by atoms with Gasteiger partial charge in [0.1, 0.15) is 5.75 Å². The van der Waals surface area contributed by atoms with Gasteiger partial charge in [0, 0.05) is 13.0 Å². The largest absolute Gasteiger partial charge is 0.497 e. The van der Waals surface area contributed by atoms with E-state index >= 15 is 0 Å². The van der Waals surface area contributed by atoms with Gasteiger partial charge in [0.2, 0.25) is 5.91 Å². The van der Waals surface area contributed by atoms with Gasteiger partial charge in [-0.3, -0.25) is 14.5 Å². The third kappa shape index (κ3) is 5.33. The summed E-state index contributed by atoms with van der Waals surface area (Å²) in [6.07, 6.45) is 0.872. The number of carbonyl (C=O) groups excluding carboxylic acids is 2. The number of benzene rings is 2. The van der Waals surface area contributed by atoms with Crippen LogP contribution in [0, 0.1) is 0 Å². The first kappa shape index (κ1) is 22.0. The molecule has 2 amide bonds. The molecule has 4 rings (SSSR count). The number of carbonyl (C=O) groups is 2. The molecule has 0 fully saturated rings. The number of thiazole rings is 1. The number of nitrogens with zero attached hydrogens (tertiary/aromatic N) is 2. The first-order valence-corrected chi connectivity index (χ1v) is 11.9. The maximum absolute atomic E-state index is 13.2. The Balaban J connectivity index is 1.46. The second kappa shape index (κ2) is 10.4. The highest BCUT2D eigenvalue weighted by molar-refractivity contribution is 7.22. The van der Waals surface area contributed by atoms with Gasteiger partial charge in [-0.1, -0.05) is 47.7 Å². The fraction of sp³-hybridized carbons (Fsp3) is 0.208. The van der Waals surface area contributed by atoms with Crippen LogP contribution in [0.3, 0.4) is 0 Å². The van der Waals surface area contributed by atoms with E-state index in [1.165, 1.54) is 22.7 Å². The lowest BCUT2D eigenvalue weighted by molar-refractivity contribution is -0.118. The smallest absolute Gasteiger partial charge is 0.261 e. The van der Waals surface area contributed by atoms with Gasteiger partial charge in [0.05, 0.1) is 28.7 Å². The molecule has 0 radical (unpaired) electrons. The van der Waals surface area contributed by atoms with E-state index in [2.05, 4.69) is 5.32 Å². The zero-order chi connectivity index (χ0) is 22.3. The molecule has 0 aliphatic heterocycles. The van der Waals surface area contributed by atoms with Crippen LogP contribution in [0.2, 0.25) is 0 Å². The molecule has 32 heavy (non-hydrogen) atoms. The monoisotopic (exact) mass is 465 g/mol. The number of methoxy groups -OCH3 is 1. The number of fused-ring (bicyclic) bond motifs is 1. The van der Waals surface area contributed by atoms with Gasteiger partial charge in [-0.2, -0.15) is 0 Å². The zero-order valence-corrected chi connectivity index (χ0v) is 19.2. The molecular formula is C24H23N3O3S2. The molecule has 1 N–H and O–H groups in total. The molecule has 0 aliphatic carbocycles. The maximum atomic E-state index is 13.2. The van der Waals surface area contributed by atoms with Crippen LogP contribution >= 0.6 is 22.7 Å². The number of hydrogen-bond acceptors (Lipinski definition) is 6. The van der Waals surface area contributed by atoms with E-state index < -0.39 is 0 Å². The van der Waals surface area contributed by atoms with Crippen molar-refractivity contribution in [1.29, 1.82) is 0 Å². The Morgan fingerprint density at radius 1 is 1.09 bits per heavy atom. The van der Waals surface area contributed by atoms with Crippen molar-refractivity contribution in [3.63, 3.8) is 0 Å². The van der Waals surface area contributed by atoms with Crippen molar-refractivity contribution in [3.05, 3.63) is 76.5 Å².